The van der Waals surface area contributed by atoms with Crippen LogP contribution in [0.25, 0.3) is 0 Å². The van der Waals surface area contributed by atoms with Crippen LogP contribution in [-0.2, 0) is 6.42 Å². The first-order chi connectivity index (χ1) is 9.43. The fourth-order valence-corrected chi connectivity index (χ4v) is 3.23. The molecule has 0 amide bonds. The van der Waals surface area contributed by atoms with Crippen LogP contribution in [0.1, 0.15) is 22.9 Å². The number of para-hydroxylation sites is 1. The second-order valence-corrected chi connectivity index (χ2v) is 5.86. The van der Waals surface area contributed by atoms with Gasteiger partial charge in [-0.3, -0.25) is 0 Å². The van der Waals surface area contributed by atoms with Crippen molar-refractivity contribution in [1.82, 2.24) is 10.3 Å². The predicted molar refractivity (Wildman–Crippen MR) is 81.0 cm³/mol. The molecule has 4 heteroatoms. The molecule has 1 aliphatic rings. The van der Waals surface area contributed by atoms with Crippen LogP contribution in [0, 0.1) is 0 Å². The Morgan fingerprint density at radius 3 is 3.21 bits per heavy atom. The highest BCUT2D eigenvalue weighted by Gasteiger charge is 2.18. The first kappa shape index (κ1) is 12.6. The summed E-state index contributed by atoms with van der Waals surface area (Å²) < 4.78 is 0. The highest BCUT2D eigenvalue weighted by molar-refractivity contribution is 7.09. The van der Waals surface area contributed by atoms with Gasteiger partial charge in [0.2, 0.25) is 0 Å². The van der Waals surface area contributed by atoms with E-state index in [-0.39, 0.29) is 0 Å². The van der Waals surface area contributed by atoms with E-state index in [0.717, 1.165) is 26.1 Å². The number of anilines is 1. The molecule has 0 saturated carbocycles. The second kappa shape index (κ2) is 6.17. The number of nitrogens with zero attached hydrogens (tertiary/aromatic N) is 1. The van der Waals surface area contributed by atoms with Crippen LogP contribution >= 0.6 is 11.3 Å². The average molecular weight is 273 g/mol. The number of nitrogens with one attached hydrogen (secondary N) is 2. The van der Waals surface area contributed by atoms with Crippen molar-refractivity contribution in [2.45, 2.75) is 18.8 Å². The molecule has 2 heterocycles. The third-order valence-corrected chi connectivity index (χ3v) is 4.44. The lowest BCUT2D eigenvalue weighted by atomic mass is 9.91. The zero-order chi connectivity index (χ0) is 12.9. The Morgan fingerprint density at radius 1 is 1.37 bits per heavy atom. The van der Waals surface area contributed by atoms with Crippen molar-refractivity contribution >= 4 is 17.0 Å². The molecule has 3 rings (SSSR count). The van der Waals surface area contributed by atoms with Crippen molar-refractivity contribution in [2.24, 2.45) is 0 Å². The first-order valence-electron chi connectivity index (χ1n) is 6.85. The fourth-order valence-electron chi connectivity index (χ4n) is 2.61. The van der Waals surface area contributed by atoms with Gasteiger partial charge in [-0.1, -0.05) is 18.2 Å². The lowest BCUT2D eigenvalue weighted by molar-refractivity contribution is 0.553. The largest absolute Gasteiger partial charge is 0.385 e. The number of aromatic nitrogens is 1. The molecule has 19 heavy (non-hydrogen) atoms. The Hall–Kier alpha value is -1.39. The summed E-state index contributed by atoms with van der Waals surface area (Å²) in [5.74, 6) is 0.633. The van der Waals surface area contributed by atoms with Crippen molar-refractivity contribution < 1.29 is 0 Å². The highest BCUT2D eigenvalue weighted by atomic mass is 32.1. The molecule has 100 valence electrons. The molecule has 0 bridgehead atoms. The molecule has 0 aliphatic carbocycles. The summed E-state index contributed by atoms with van der Waals surface area (Å²) in [6.07, 6.45) is 4.12. The van der Waals surface area contributed by atoms with E-state index in [4.69, 9.17) is 0 Å². The van der Waals surface area contributed by atoms with E-state index in [2.05, 4.69) is 39.9 Å². The SMILES string of the molecule is c1ccc2c(c1)NCCC2CNCCc1nccs1. The van der Waals surface area contributed by atoms with E-state index in [9.17, 15) is 0 Å². The average Bonchev–Trinajstić information content (AvgIpc) is 2.97. The van der Waals surface area contributed by atoms with Crippen molar-refractivity contribution in [3.05, 3.63) is 46.4 Å². The minimum Gasteiger partial charge on any atom is -0.385 e. The zero-order valence-electron chi connectivity index (χ0n) is 10.9. The monoisotopic (exact) mass is 273 g/mol. The van der Waals surface area contributed by atoms with Gasteiger partial charge in [-0.2, -0.15) is 0 Å². The van der Waals surface area contributed by atoms with Gasteiger partial charge in [-0.05, 0) is 18.1 Å². The lowest BCUT2D eigenvalue weighted by Crippen LogP contribution is -2.28. The molecule has 1 aromatic heterocycles. The highest BCUT2D eigenvalue weighted by Crippen LogP contribution is 2.30. The van der Waals surface area contributed by atoms with E-state index >= 15 is 0 Å². The van der Waals surface area contributed by atoms with E-state index in [1.54, 1.807) is 11.3 Å². The summed E-state index contributed by atoms with van der Waals surface area (Å²) in [5, 5.41) is 10.3. The molecule has 0 fully saturated rings. The molecule has 0 saturated heterocycles. The molecule has 0 spiro atoms. The summed E-state index contributed by atoms with van der Waals surface area (Å²) in [4.78, 5) is 4.31. The van der Waals surface area contributed by atoms with E-state index in [1.165, 1.54) is 22.7 Å². The van der Waals surface area contributed by atoms with E-state index in [0.29, 0.717) is 5.92 Å². The Morgan fingerprint density at radius 2 is 2.32 bits per heavy atom. The number of hydrogen-bond acceptors (Lipinski definition) is 4. The Labute approximate surface area is 118 Å². The molecule has 1 unspecified atom stereocenters. The second-order valence-electron chi connectivity index (χ2n) is 4.88. The molecule has 1 atom stereocenters. The number of thiazole rings is 1. The molecule has 1 aliphatic heterocycles. The zero-order valence-corrected chi connectivity index (χ0v) is 11.7. The third-order valence-electron chi connectivity index (χ3n) is 3.60. The third kappa shape index (κ3) is 3.14. The minimum atomic E-state index is 0.633. The Bertz CT molecular complexity index is 510. The molecule has 2 N–H and O–H groups in total. The minimum absolute atomic E-state index is 0.633. The van der Waals surface area contributed by atoms with Crippen LogP contribution in [-0.4, -0.2) is 24.6 Å². The maximum absolute atomic E-state index is 4.31. The van der Waals surface area contributed by atoms with E-state index in [1.807, 2.05) is 11.6 Å². The fraction of sp³-hybridized carbons (Fsp3) is 0.400. The van der Waals surface area contributed by atoms with E-state index < -0.39 is 0 Å². The number of benzene rings is 1. The standard InChI is InChI=1S/C15H19N3S/c1-2-4-14-13(3-1)12(5-8-17-14)11-16-7-6-15-18-9-10-19-15/h1-4,9-10,12,16-17H,5-8,11H2. The van der Waals surface area contributed by atoms with Crippen molar-refractivity contribution in [1.29, 1.82) is 0 Å². The van der Waals surface area contributed by atoms with Crippen LogP contribution in [0.2, 0.25) is 0 Å². The summed E-state index contributed by atoms with van der Waals surface area (Å²) in [7, 11) is 0. The van der Waals surface area contributed by atoms with Crippen molar-refractivity contribution in [3.8, 4) is 0 Å². The number of fused-ring (bicyclic) bond motifs is 1. The van der Waals surface area contributed by atoms with Gasteiger partial charge in [0.05, 0.1) is 5.01 Å². The Balaban J connectivity index is 1.51. The van der Waals surface area contributed by atoms with Gasteiger partial charge in [0.15, 0.2) is 0 Å². The number of rotatable bonds is 5. The maximum Gasteiger partial charge on any atom is 0.0937 e. The normalized spacial score (nSPS) is 17.8. The lowest BCUT2D eigenvalue weighted by Gasteiger charge is -2.26. The smallest absolute Gasteiger partial charge is 0.0937 e. The van der Waals surface area contributed by atoms with Crippen LogP contribution in [0.4, 0.5) is 5.69 Å². The van der Waals surface area contributed by atoms with Crippen LogP contribution in [0.15, 0.2) is 35.8 Å². The first-order valence-corrected chi connectivity index (χ1v) is 7.73. The van der Waals surface area contributed by atoms with Crippen molar-refractivity contribution in [2.75, 3.05) is 25.0 Å². The van der Waals surface area contributed by atoms with Gasteiger partial charge in [0.1, 0.15) is 0 Å². The molecule has 0 radical (unpaired) electrons. The van der Waals surface area contributed by atoms with Gasteiger partial charge in [-0.25, -0.2) is 4.98 Å². The number of hydrogen-bond donors (Lipinski definition) is 2. The van der Waals surface area contributed by atoms with Gasteiger partial charge >= 0.3 is 0 Å². The summed E-state index contributed by atoms with van der Waals surface area (Å²) in [6.45, 7) is 3.15. The molecular weight excluding hydrogens is 254 g/mol. The molecule has 1 aromatic carbocycles. The summed E-state index contributed by atoms with van der Waals surface area (Å²) in [5.41, 5.74) is 2.76. The topological polar surface area (TPSA) is 37.0 Å². The molecular formula is C15H19N3S. The quantitative estimate of drug-likeness (QED) is 0.823. The van der Waals surface area contributed by atoms with Crippen LogP contribution in [0.3, 0.4) is 0 Å². The maximum atomic E-state index is 4.31. The van der Waals surface area contributed by atoms with Crippen LogP contribution < -0.4 is 10.6 Å². The summed E-state index contributed by atoms with van der Waals surface area (Å²) in [6, 6.07) is 8.66. The van der Waals surface area contributed by atoms with Gasteiger partial charge in [-0.15, -0.1) is 11.3 Å². The molecule has 3 nitrogen and oxygen atoms in total. The van der Waals surface area contributed by atoms with Crippen LogP contribution in [0.5, 0.6) is 0 Å². The van der Waals surface area contributed by atoms with Gasteiger partial charge in [0, 0.05) is 49.2 Å². The van der Waals surface area contributed by atoms with Crippen molar-refractivity contribution in [3.63, 3.8) is 0 Å². The molecule has 2 aromatic rings. The predicted octanol–water partition coefficient (Wildman–Crippen LogP) is 2.87. The summed E-state index contributed by atoms with van der Waals surface area (Å²) >= 11 is 1.74. The van der Waals surface area contributed by atoms with Gasteiger partial charge in [0.25, 0.3) is 0 Å². The Kier molecular flexibility index (Phi) is 4.10. The van der Waals surface area contributed by atoms with Gasteiger partial charge < -0.3 is 10.6 Å².